The third kappa shape index (κ3) is 4.25. The Kier molecular flexibility index (Phi) is 5.51. The van der Waals surface area contributed by atoms with Crippen LogP contribution in [0.4, 0.5) is 4.39 Å². The smallest absolute Gasteiger partial charge is 0.346 e. The van der Waals surface area contributed by atoms with Gasteiger partial charge in [-0.05, 0) is 38.0 Å². The second-order valence-corrected chi connectivity index (χ2v) is 8.46. The Morgan fingerprint density at radius 1 is 1.41 bits per heavy atom. The summed E-state index contributed by atoms with van der Waals surface area (Å²) >= 11 is 7.30. The largest absolute Gasteiger partial charge is 0.349 e. The predicted molar refractivity (Wildman–Crippen MR) is 108 cm³/mol. The van der Waals surface area contributed by atoms with E-state index in [1.54, 1.807) is 15.9 Å². The fraction of sp³-hybridized carbons (Fsp3) is 0.368. The molecule has 10 heteroatoms. The highest BCUT2D eigenvalue weighted by Crippen LogP contribution is 2.17. The Bertz CT molecular complexity index is 1120. The van der Waals surface area contributed by atoms with Gasteiger partial charge in [-0.1, -0.05) is 11.6 Å². The molecule has 1 N–H and O–H groups in total. The molecule has 0 saturated heterocycles. The highest BCUT2D eigenvalue weighted by Gasteiger charge is 2.23. The van der Waals surface area contributed by atoms with E-state index in [9.17, 15) is 14.0 Å². The number of nitrogens with one attached hydrogen (secondary N) is 1. The van der Waals surface area contributed by atoms with Crippen LogP contribution in [0, 0.1) is 12.7 Å². The second kappa shape index (κ2) is 8.08. The lowest BCUT2D eigenvalue weighted by Gasteiger charge is -2.16. The predicted octanol–water partition coefficient (Wildman–Crippen LogP) is 2.79. The molecule has 0 aliphatic carbocycles. The van der Waals surface area contributed by atoms with E-state index < -0.39 is 5.82 Å². The van der Waals surface area contributed by atoms with Crippen LogP contribution in [0.2, 0.25) is 5.02 Å². The molecule has 0 bridgehead atoms. The van der Waals surface area contributed by atoms with Gasteiger partial charge in [0.15, 0.2) is 0 Å². The van der Waals surface area contributed by atoms with E-state index in [1.807, 2.05) is 12.3 Å². The summed E-state index contributed by atoms with van der Waals surface area (Å²) in [5, 5.41) is 10.2. The van der Waals surface area contributed by atoms with Crippen LogP contribution in [0.1, 0.15) is 39.7 Å². The molecule has 29 heavy (non-hydrogen) atoms. The summed E-state index contributed by atoms with van der Waals surface area (Å²) in [4.78, 5) is 29.5. The second-order valence-electron chi connectivity index (χ2n) is 6.99. The van der Waals surface area contributed by atoms with Crippen LogP contribution in [-0.4, -0.2) is 31.3 Å². The molecule has 3 aromatic rings. The van der Waals surface area contributed by atoms with Crippen molar-refractivity contribution in [3.63, 3.8) is 0 Å². The molecule has 0 saturated carbocycles. The minimum absolute atomic E-state index is 0.0884. The lowest BCUT2D eigenvalue weighted by atomic mass is 10.1. The maximum atomic E-state index is 13.3. The van der Waals surface area contributed by atoms with Crippen molar-refractivity contribution in [1.29, 1.82) is 0 Å². The average molecular weight is 436 g/mol. The van der Waals surface area contributed by atoms with Gasteiger partial charge in [-0.3, -0.25) is 9.36 Å². The van der Waals surface area contributed by atoms with Crippen molar-refractivity contribution in [3.05, 3.63) is 67.0 Å². The third-order valence-electron chi connectivity index (χ3n) is 4.91. The molecule has 1 aliphatic heterocycles. The van der Waals surface area contributed by atoms with Gasteiger partial charge in [0.1, 0.15) is 11.6 Å². The lowest BCUT2D eigenvalue weighted by Crippen LogP contribution is -2.35. The van der Waals surface area contributed by atoms with E-state index in [0.717, 1.165) is 10.7 Å². The number of carbonyl (C=O) groups is 1. The van der Waals surface area contributed by atoms with E-state index >= 15 is 0 Å². The molecular formula is C19H19ClFN5O2S. The summed E-state index contributed by atoms with van der Waals surface area (Å²) in [6.45, 7) is 2.75. The Labute approximate surface area is 175 Å². The van der Waals surface area contributed by atoms with Crippen LogP contribution in [0.25, 0.3) is 0 Å². The highest BCUT2D eigenvalue weighted by atomic mass is 35.5. The number of hydrogen-bond acceptors (Lipinski definition) is 5. The minimum Gasteiger partial charge on any atom is -0.349 e. The molecule has 1 aliphatic rings. The van der Waals surface area contributed by atoms with Crippen LogP contribution < -0.4 is 11.0 Å². The summed E-state index contributed by atoms with van der Waals surface area (Å²) in [7, 11) is 0. The standard InChI is InChI=1S/C19H19ClFN5O2S/c1-11-22-14(10-29-11)9-26-19(28)25-7-6-13(3-5-17(25)24-26)23-18(27)12-2-4-16(21)15(20)8-12/h2,4,8,10,13H,3,5-7,9H2,1H3,(H,23,27). The van der Waals surface area contributed by atoms with Gasteiger partial charge >= 0.3 is 5.69 Å². The van der Waals surface area contributed by atoms with E-state index in [0.29, 0.717) is 43.7 Å². The summed E-state index contributed by atoms with van der Waals surface area (Å²) < 4.78 is 16.4. The molecule has 1 aromatic carbocycles. The summed E-state index contributed by atoms with van der Waals surface area (Å²) in [5.74, 6) is -0.163. The van der Waals surface area contributed by atoms with Crippen molar-refractivity contribution in [2.24, 2.45) is 0 Å². The number of aryl methyl sites for hydroxylation is 2. The summed E-state index contributed by atoms with van der Waals surface area (Å²) in [6, 6.07) is 3.78. The van der Waals surface area contributed by atoms with Gasteiger partial charge in [0.25, 0.3) is 5.91 Å². The van der Waals surface area contributed by atoms with Crippen LogP contribution in [-0.2, 0) is 19.5 Å². The number of hydrogen-bond donors (Lipinski definition) is 1. The van der Waals surface area contributed by atoms with Gasteiger partial charge in [-0.25, -0.2) is 18.9 Å². The number of thiazole rings is 1. The van der Waals surface area contributed by atoms with Gasteiger partial charge in [0.2, 0.25) is 0 Å². The van der Waals surface area contributed by atoms with Gasteiger partial charge in [-0.15, -0.1) is 11.3 Å². The van der Waals surface area contributed by atoms with Crippen LogP contribution >= 0.6 is 22.9 Å². The molecule has 1 atom stereocenters. The normalized spacial score (nSPS) is 16.3. The Balaban J connectivity index is 1.42. The molecule has 152 valence electrons. The molecule has 1 unspecified atom stereocenters. The van der Waals surface area contributed by atoms with Gasteiger partial charge in [-0.2, -0.15) is 5.10 Å². The number of fused-ring (bicyclic) bond motifs is 1. The minimum atomic E-state index is -0.563. The molecule has 0 radical (unpaired) electrons. The quantitative estimate of drug-likeness (QED) is 0.683. The van der Waals surface area contributed by atoms with Crippen LogP contribution in [0.15, 0.2) is 28.4 Å². The monoisotopic (exact) mass is 435 g/mol. The van der Waals surface area contributed by atoms with E-state index in [-0.39, 0.29) is 22.7 Å². The zero-order chi connectivity index (χ0) is 20.5. The van der Waals surface area contributed by atoms with Crippen molar-refractivity contribution in [1.82, 2.24) is 24.6 Å². The van der Waals surface area contributed by atoms with Gasteiger partial charge in [0, 0.05) is 30.0 Å². The number of nitrogens with zero attached hydrogens (tertiary/aromatic N) is 4. The first-order chi connectivity index (χ1) is 13.9. The Morgan fingerprint density at radius 2 is 2.24 bits per heavy atom. The first-order valence-corrected chi connectivity index (χ1v) is 10.5. The lowest BCUT2D eigenvalue weighted by molar-refractivity contribution is 0.0933. The zero-order valence-electron chi connectivity index (χ0n) is 15.7. The maximum Gasteiger partial charge on any atom is 0.346 e. The maximum absolute atomic E-state index is 13.3. The summed E-state index contributed by atoms with van der Waals surface area (Å²) in [6.07, 6.45) is 1.84. The Hall–Kier alpha value is -2.52. The topological polar surface area (TPSA) is 81.8 Å². The van der Waals surface area contributed by atoms with Crippen molar-refractivity contribution in [3.8, 4) is 0 Å². The number of aromatic nitrogens is 4. The molecule has 0 spiro atoms. The molecular weight excluding hydrogens is 417 g/mol. The fourth-order valence-electron chi connectivity index (χ4n) is 3.42. The molecule has 1 amide bonds. The first-order valence-electron chi connectivity index (χ1n) is 9.24. The third-order valence-corrected chi connectivity index (χ3v) is 6.02. The number of halogens is 2. The number of rotatable bonds is 4. The van der Waals surface area contributed by atoms with Crippen molar-refractivity contribution >= 4 is 28.8 Å². The van der Waals surface area contributed by atoms with Crippen molar-refractivity contribution in [2.45, 2.75) is 45.3 Å². The number of benzene rings is 1. The molecule has 0 fully saturated rings. The van der Waals surface area contributed by atoms with Crippen molar-refractivity contribution < 1.29 is 9.18 Å². The molecule has 3 heterocycles. The molecule has 4 rings (SSSR count). The van der Waals surface area contributed by atoms with E-state index in [1.165, 1.54) is 22.9 Å². The Morgan fingerprint density at radius 3 is 2.97 bits per heavy atom. The van der Waals surface area contributed by atoms with E-state index in [2.05, 4.69) is 15.4 Å². The molecule has 7 nitrogen and oxygen atoms in total. The van der Waals surface area contributed by atoms with Gasteiger partial charge < -0.3 is 5.32 Å². The number of carbonyl (C=O) groups excluding carboxylic acids is 1. The summed E-state index contributed by atoms with van der Waals surface area (Å²) in [5.41, 5.74) is 0.966. The SMILES string of the molecule is Cc1nc(Cn2nc3n(c2=O)CCC(NC(=O)c2ccc(F)c(Cl)c2)CC3)cs1. The first kappa shape index (κ1) is 19.8. The highest BCUT2D eigenvalue weighted by molar-refractivity contribution is 7.09. The number of amides is 1. The zero-order valence-corrected chi connectivity index (χ0v) is 17.3. The fourth-order valence-corrected chi connectivity index (χ4v) is 4.20. The van der Waals surface area contributed by atoms with Crippen LogP contribution in [0.5, 0.6) is 0 Å². The molecule has 2 aromatic heterocycles. The van der Waals surface area contributed by atoms with Gasteiger partial charge in [0.05, 0.1) is 22.3 Å². The average Bonchev–Trinajstić information content (AvgIpc) is 3.15. The van der Waals surface area contributed by atoms with Crippen LogP contribution in [0.3, 0.4) is 0 Å². The van der Waals surface area contributed by atoms with E-state index in [4.69, 9.17) is 11.6 Å². The van der Waals surface area contributed by atoms with Crippen molar-refractivity contribution in [2.75, 3.05) is 0 Å².